The molecule has 1 saturated heterocycles. The van der Waals surface area contributed by atoms with Gasteiger partial charge in [0.25, 0.3) is 0 Å². The lowest BCUT2D eigenvalue weighted by molar-refractivity contribution is -0.119. The second-order valence-corrected chi connectivity index (χ2v) is 8.01. The second kappa shape index (κ2) is 9.00. The molecule has 8 heteroatoms. The van der Waals surface area contributed by atoms with Crippen LogP contribution in [0, 0.1) is 5.92 Å². The Balaban J connectivity index is 1.47. The van der Waals surface area contributed by atoms with Crippen LogP contribution in [0.25, 0.3) is 0 Å². The molecule has 2 fully saturated rings. The van der Waals surface area contributed by atoms with Crippen molar-refractivity contribution in [2.45, 2.75) is 50.4 Å². The lowest BCUT2D eigenvalue weighted by Crippen LogP contribution is -2.41. The molecule has 1 aromatic rings. The Morgan fingerprint density at radius 2 is 2.04 bits per heavy atom. The SMILES string of the molecule is C[C@H]1CCCC[C@@H]1NC(=O)CSc1nnc(CN2CCOCC2)n1C. The molecule has 1 N–H and O–H groups in total. The first-order chi connectivity index (χ1) is 12.1. The van der Waals surface area contributed by atoms with Crippen LogP contribution in [0.1, 0.15) is 38.4 Å². The van der Waals surface area contributed by atoms with Crippen LogP contribution < -0.4 is 5.32 Å². The average Bonchev–Trinajstić information content (AvgIpc) is 2.96. The van der Waals surface area contributed by atoms with Gasteiger partial charge in [0.05, 0.1) is 25.5 Å². The van der Waals surface area contributed by atoms with Crippen LogP contribution in [0.4, 0.5) is 0 Å². The Bertz CT molecular complexity index is 573. The van der Waals surface area contributed by atoms with Crippen molar-refractivity contribution >= 4 is 17.7 Å². The van der Waals surface area contributed by atoms with E-state index in [-0.39, 0.29) is 5.91 Å². The maximum absolute atomic E-state index is 12.3. The number of carbonyl (C=O) groups is 1. The number of carbonyl (C=O) groups excluding carboxylic acids is 1. The minimum atomic E-state index is 0.0986. The third-order valence-electron chi connectivity index (χ3n) is 5.18. The monoisotopic (exact) mass is 367 g/mol. The van der Waals surface area contributed by atoms with Gasteiger partial charge in [-0.25, -0.2) is 0 Å². The number of ether oxygens (including phenoxy) is 1. The molecule has 2 aliphatic rings. The number of amides is 1. The molecular formula is C17H29N5O2S. The second-order valence-electron chi connectivity index (χ2n) is 7.07. The maximum atomic E-state index is 12.3. The van der Waals surface area contributed by atoms with Gasteiger partial charge in [0.15, 0.2) is 5.16 Å². The van der Waals surface area contributed by atoms with E-state index >= 15 is 0 Å². The van der Waals surface area contributed by atoms with E-state index in [1.165, 1.54) is 31.0 Å². The lowest BCUT2D eigenvalue weighted by atomic mass is 9.86. The number of morpholine rings is 1. The zero-order valence-electron chi connectivity index (χ0n) is 15.2. The zero-order valence-corrected chi connectivity index (χ0v) is 16.1. The van der Waals surface area contributed by atoms with Gasteiger partial charge in [-0.3, -0.25) is 9.69 Å². The van der Waals surface area contributed by atoms with Crippen LogP contribution in [-0.4, -0.2) is 63.7 Å². The van der Waals surface area contributed by atoms with Gasteiger partial charge in [0, 0.05) is 26.2 Å². The van der Waals surface area contributed by atoms with Crippen LogP contribution in [0.2, 0.25) is 0 Å². The Morgan fingerprint density at radius 3 is 2.80 bits per heavy atom. The van der Waals surface area contributed by atoms with Gasteiger partial charge >= 0.3 is 0 Å². The number of hydrogen-bond acceptors (Lipinski definition) is 6. The van der Waals surface area contributed by atoms with Crippen LogP contribution in [-0.2, 0) is 23.1 Å². The largest absolute Gasteiger partial charge is 0.379 e. The van der Waals surface area contributed by atoms with Crippen molar-refractivity contribution in [2.75, 3.05) is 32.1 Å². The van der Waals surface area contributed by atoms with E-state index in [0.717, 1.165) is 50.2 Å². The number of thioether (sulfide) groups is 1. The molecule has 2 atom stereocenters. The Kier molecular flexibility index (Phi) is 6.72. The van der Waals surface area contributed by atoms with E-state index in [9.17, 15) is 4.79 Å². The summed E-state index contributed by atoms with van der Waals surface area (Å²) in [5.74, 6) is 2.01. The highest BCUT2D eigenvalue weighted by atomic mass is 32.2. The van der Waals surface area contributed by atoms with Crippen molar-refractivity contribution in [3.05, 3.63) is 5.82 Å². The molecule has 2 heterocycles. The summed E-state index contributed by atoms with van der Waals surface area (Å²) in [7, 11) is 1.97. The molecule has 140 valence electrons. The minimum Gasteiger partial charge on any atom is -0.379 e. The molecule has 1 saturated carbocycles. The predicted octanol–water partition coefficient (Wildman–Crippen LogP) is 1.43. The zero-order chi connectivity index (χ0) is 17.6. The summed E-state index contributed by atoms with van der Waals surface area (Å²) < 4.78 is 7.37. The topological polar surface area (TPSA) is 72.3 Å². The van der Waals surface area contributed by atoms with E-state index in [1.54, 1.807) is 0 Å². The molecular weight excluding hydrogens is 338 g/mol. The molecule has 1 aliphatic carbocycles. The first kappa shape index (κ1) is 18.7. The molecule has 0 bridgehead atoms. The van der Waals surface area contributed by atoms with Crippen LogP contribution in [0.15, 0.2) is 5.16 Å². The van der Waals surface area contributed by atoms with Crippen molar-refractivity contribution in [1.29, 1.82) is 0 Å². The molecule has 3 rings (SSSR count). The number of nitrogens with one attached hydrogen (secondary N) is 1. The Labute approximate surface area is 153 Å². The van der Waals surface area contributed by atoms with E-state index in [1.807, 2.05) is 11.6 Å². The van der Waals surface area contributed by atoms with E-state index < -0.39 is 0 Å². The normalized spacial score (nSPS) is 25.0. The summed E-state index contributed by atoms with van der Waals surface area (Å²) in [4.78, 5) is 14.6. The Morgan fingerprint density at radius 1 is 1.28 bits per heavy atom. The molecule has 1 aromatic heterocycles. The summed E-state index contributed by atoms with van der Waals surface area (Å²) in [6.07, 6.45) is 4.82. The number of nitrogens with zero attached hydrogens (tertiary/aromatic N) is 4. The van der Waals surface area contributed by atoms with Crippen molar-refractivity contribution in [1.82, 2.24) is 25.0 Å². The van der Waals surface area contributed by atoms with Crippen molar-refractivity contribution in [2.24, 2.45) is 13.0 Å². The van der Waals surface area contributed by atoms with Gasteiger partial charge in [-0.15, -0.1) is 10.2 Å². The summed E-state index contributed by atoms with van der Waals surface area (Å²) in [5.41, 5.74) is 0. The fourth-order valence-electron chi connectivity index (χ4n) is 3.48. The highest BCUT2D eigenvalue weighted by Crippen LogP contribution is 2.24. The van der Waals surface area contributed by atoms with Gasteiger partial charge in [-0.1, -0.05) is 31.5 Å². The van der Waals surface area contributed by atoms with Gasteiger partial charge in [-0.05, 0) is 18.8 Å². The number of hydrogen-bond donors (Lipinski definition) is 1. The first-order valence-corrected chi connectivity index (χ1v) is 10.2. The van der Waals surface area contributed by atoms with Crippen LogP contribution in [0.5, 0.6) is 0 Å². The maximum Gasteiger partial charge on any atom is 0.230 e. The van der Waals surface area contributed by atoms with Crippen molar-refractivity contribution in [3.8, 4) is 0 Å². The number of aromatic nitrogens is 3. The van der Waals surface area contributed by atoms with E-state index in [0.29, 0.717) is 17.7 Å². The van der Waals surface area contributed by atoms with E-state index in [4.69, 9.17) is 4.74 Å². The fraction of sp³-hybridized carbons (Fsp3) is 0.824. The predicted molar refractivity (Wildman–Crippen MR) is 97.4 cm³/mol. The molecule has 7 nitrogen and oxygen atoms in total. The molecule has 0 aromatic carbocycles. The molecule has 0 spiro atoms. The average molecular weight is 368 g/mol. The molecule has 0 radical (unpaired) electrons. The smallest absolute Gasteiger partial charge is 0.230 e. The summed E-state index contributed by atoms with van der Waals surface area (Å²) in [6.45, 7) is 6.42. The minimum absolute atomic E-state index is 0.0986. The standard InChI is InChI=1S/C17H29N5O2S/c1-13-5-3-4-6-14(13)18-16(23)12-25-17-20-19-15(21(17)2)11-22-7-9-24-10-8-22/h13-14H,3-12H2,1-2H3,(H,18,23)/t13-,14-/m0/s1. The fourth-order valence-corrected chi connectivity index (χ4v) is 4.22. The summed E-state index contributed by atoms with van der Waals surface area (Å²) >= 11 is 1.46. The van der Waals surface area contributed by atoms with Crippen LogP contribution in [0.3, 0.4) is 0 Å². The highest BCUT2D eigenvalue weighted by Gasteiger charge is 2.23. The van der Waals surface area contributed by atoms with Gasteiger partial charge < -0.3 is 14.6 Å². The van der Waals surface area contributed by atoms with Crippen LogP contribution >= 0.6 is 11.8 Å². The van der Waals surface area contributed by atoms with Crippen molar-refractivity contribution < 1.29 is 9.53 Å². The number of rotatable bonds is 6. The lowest BCUT2D eigenvalue weighted by Gasteiger charge is -2.29. The van der Waals surface area contributed by atoms with E-state index in [2.05, 4.69) is 27.3 Å². The van der Waals surface area contributed by atoms with Gasteiger partial charge in [0.1, 0.15) is 5.82 Å². The first-order valence-electron chi connectivity index (χ1n) is 9.24. The quantitative estimate of drug-likeness (QED) is 0.767. The van der Waals surface area contributed by atoms with Crippen molar-refractivity contribution in [3.63, 3.8) is 0 Å². The molecule has 25 heavy (non-hydrogen) atoms. The van der Waals surface area contributed by atoms with Gasteiger partial charge in [-0.2, -0.15) is 0 Å². The van der Waals surface area contributed by atoms with Gasteiger partial charge in [0.2, 0.25) is 5.91 Å². The molecule has 1 amide bonds. The summed E-state index contributed by atoms with van der Waals surface area (Å²) in [6, 6.07) is 0.332. The highest BCUT2D eigenvalue weighted by molar-refractivity contribution is 7.99. The third-order valence-corrected chi connectivity index (χ3v) is 6.20. The molecule has 1 aliphatic heterocycles. The Hall–Kier alpha value is -1.12. The molecule has 0 unspecified atom stereocenters. The third kappa shape index (κ3) is 5.18. The summed E-state index contributed by atoms with van der Waals surface area (Å²) in [5, 5.41) is 12.5.